The molecule has 4 rings (SSSR count). The third-order valence-corrected chi connectivity index (χ3v) is 4.88. The van der Waals surface area contributed by atoms with E-state index in [2.05, 4.69) is 22.3 Å². The van der Waals surface area contributed by atoms with Crippen LogP contribution in [0.5, 0.6) is 0 Å². The minimum absolute atomic E-state index is 0.0390. The smallest absolute Gasteiger partial charge is 0.295 e. The molecule has 0 radical (unpaired) electrons. The van der Waals surface area contributed by atoms with E-state index in [4.69, 9.17) is 0 Å². The molecule has 3 aromatic carbocycles. The summed E-state index contributed by atoms with van der Waals surface area (Å²) in [5.41, 5.74) is 4.31. The number of para-hydroxylation sites is 1. The molecule has 1 aromatic heterocycles. The second-order valence-electron chi connectivity index (χ2n) is 6.97. The molecule has 1 heterocycles. The molecule has 6 heteroatoms. The number of nitrogens with zero attached hydrogens (tertiary/aromatic N) is 3. The quantitative estimate of drug-likeness (QED) is 0.501. The molecule has 0 aliphatic rings. The Labute approximate surface area is 174 Å². The highest BCUT2D eigenvalue weighted by Crippen LogP contribution is 2.24. The van der Waals surface area contributed by atoms with Crippen LogP contribution in [-0.2, 0) is 6.42 Å². The van der Waals surface area contributed by atoms with Gasteiger partial charge in [-0.2, -0.15) is 0 Å². The first kappa shape index (κ1) is 19.5. The van der Waals surface area contributed by atoms with Gasteiger partial charge < -0.3 is 5.32 Å². The van der Waals surface area contributed by atoms with Crippen LogP contribution in [0.4, 0.5) is 10.1 Å². The summed E-state index contributed by atoms with van der Waals surface area (Å²) < 4.78 is 15.0. The van der Waals surface area contributed by atoms with Gasteiger partial charge in [0.1, 0.15) is 5.82 Å². The maximum atomic E-state index is 13.4. The van der Waals surface area contributed by atoms with Gasteiger partial charge in [-0.25, -0.2) is 14.1 Å². The molecule has 0 bridgehead atoms. The van der Waals surface area contributed by atoms with E-state index < -0.39 is 5.91 Å². The Hall–Kier alpha value is -3.80. The van der Waals surface area contributed by atoms with Crippen LogP contribution in [0.25, 0.3) is 17.1 Å². The maximum Gasteiger partial charge on any atom is 0.295 e. The Kier molecular flexibility index (Phi) is 5.39. The molecule has 0 saturated heterocycles. The summed E-state index contributed by atoms with van der Waals surface area (Å²) >= 11 is 0. The van der Waals surface area contributed by atoms with Gasteiger partial charge in [-0.1, -0.05) is 37.3 Å². The highest BCUT2D eigenvalue weighted by molar-refractivity contribution is 6.01. The van der Waals surface area contributed by atoms with E-state index in [1.165, 1.54) is 17.7 Å². The van der Waals surface area contributed by atoms with Crippen LogP contribution < -0.4 is 5.32 Å². The van der Waals surface area contributed by atoms with Crippen molar-refractivity contribution in [3.8, 4) is 17.1 Å². The fourth-order valence-corrected chi connectivity index (χ4v) is 3.17. The van der Waals surface area contributed by atoms with Crippen LogP contribution in [0.2, 0.25) is 0 Å². The van der Waals surface area contributed by atoms with E-state index in [1.54, 1.807) is 16.8 Å². The van der Waals surface area contributed by atoms with Gasteiger partial charge in [0, 0.05) is 11.3 Å². The van der Waals surface area contributed by atoms with Crippen molar-refractivity contribution in [3.63, 3.8) is 0 Å². The number of anilines is 1. The average Bonchev–Trinajstić information content (AvgIpc) is 3.20. The Morgan fingerprint density at radius 2 is 1.70 bits per heavy atom. The van der Waals surface area contributed by atoms with E-state index in [1.807, 2.05) is 55.5 Å². The SMILES string of the molecule is CCc1ccc(NC(=O)c2nc(-c3ccc(F)cc3)n(-c3ccccc3C)n2)cc1. The molecule has 0 spiro atoms. The number of aryl methyl sites for hydroxylation is 2. The molecule has 0 aliphatic heterocycles. The van der Waals surface area contributed by atoms with Crippen molar-refractivity contribution in [2.75, 3.05) is 5.32 Å². The first-order chi connectivity index (χ1) is 14.5. The summed E-state index contributed by atoms with van der Waals surface area (Å²) in [7, 11) is 0. The van der Waals surface area contributed by atoms with Crippen LogP contribution in [0.15, 0.2) is 72.8 Å². The number of rotatable bonds is 5. The van der Waals surface area contributed by atoms with E-state index in [0.717, 1.165) is 17.7 Å². The number of carbonyl (C=O) groups excluding carboxylic acids is 1. The number of benzene rings is 3. The van der Waals surface area contributed by atoms with E-state index in [0.29, 0.717) is 17.1 Å². The molecule has 1 N–H and O–H groups in total. The van der Waals surface area contributed by atoms with Crippen molar-refractivity contribution in [2.45, 2.75) is 20.3 Å². The van der Waals surface area contributed by atoms with Crippen LogP contribution in [0.3, 0.4) is 0 Å². The Morgan fingerprint density at radius 1 is 1.00 bits per heavy atom. The van der Waals surface area contributed by atoms with E-state index in [-0.39, 0.29) is 11.6 Å². The van der Waals surface area contributed by atoms with Gasteiger partial charge in [0.15, 0.2) is 5.82 Å². The molecular formula is C24H21FN4O. The van der Waals surface area contributed by atoms with Gasteiger partial charge in [0.25, 0.3) is 5.91 Å². The normalized spacial score (nSPS) is 10.8. The van der Waals surface area contributed by atoms with Gasteiger partial charge in [0.2, 0.25) is 5.82 Å². The van der Waals surface area contributed by atoms with Gasteiger partial charge >= 0.3 is 0 Å². The summed E-state index contributed by atoms with van der Waals surface area (Å²) in [5, 5.41) is 7.31. The Bertz CT molecular complexity index is 1180. The van der Waals surface area contributed by atoms with E-state index in [9.17, 15) is 9.18 Å². The zero-order valence-electron chi connectivity index (χ0n) is 16.8. The van der Waals surface area contributed by atoms with Crippen molar-refractivity contribution < 1.29 is 9.18 Å². The van der Waals surface area contributed by atoms with Gasteiger partial charge in [-0.05, 0) is 66.9 Å². The number of halogens is 1. The number of carbonyl (C=O) groups is 1. The minimum Gasteiger partial charge on any atom is -0.319 e. The van der Waals surface area contributed by atoms with E-state index >= 15 is 0 Å². The molecule has 1 amide bonds. The summed E-state index contributed by atoms with van der Waals surface area (Å²) in [4.78, 5) is 17.3. The predicted octanol–water partition coefficient (Wildman–Crippen LogP) is 5.20. The Morgan fingerprint density at radius 3 is 2.37 bits per heavy atom. The lowest BCUT2D eigenvalue weighted by atomic mass is 10.1. The lowest BCUT2D eigenvalue weighted by Crippen LogP contribution is -2.14. The average molecular weight is 400 g/mol. The minimum atomic E-state index is -0.407. The number of aromatic nitrogens is 3. The molecule has 0 saturated carbocycles. The largest absolute Gasteiger partial charge is 0.319 e. The lowest BCUT2D eigenvalue weighted by Gasteiger charge is -2.08. The lowest BCUT2D eigenvalue weighted by molar-refractivity contribution is 0.101. The fraction of sp³-hybridized carbons (Fsp3) is 0.125. The van der Waals surface area contributed by atoms with Crippen molar-refractivity contribution in [2.24, 2.45) is 0 Å². The molecule has 0 unspecified atom stereocenters. The summed E-state index contributed by atoms with van der Waals surface area (Å²) in [5.74, 6) is -0.239. The van der Waals surface area contributed by atoms with Gasteiger partial charge in [0.05, 0.1) is 5.69 Å². The van der Waals surface area contributed by atoms with Crippen molar-refractivity contribution >= 4 is 11.6 Å². The second kappa shape index (κ2) is 8.29. The van der Waals surface area contributed by atoms with Crippen molar-refractivity contribution in [1.29, 1.82) is 0 Å². The summed E-state index contributed by atoms with van der Waals surface area (Å²) in [6.07, 6.45) is 0.928. The Balaban J connectivity index is 1.73. The highest BCUT2D eigenvalue weighted by atomic mass is 19.1. The van der Waals surface area contributed by atoms with Crippen LogP contribution in [0, 0.1) is 12.7 Å². The van der Waals surface area contributed by atoms with Crippen molar-refractivity contribution in [3.05, 3.63) is 95.6 Å². The van der Waals surface area contributed by atoms with Crippen LogP contribution in [0.1, 0.15) is 28.7 Å². The number of hydrogen-bond acceptors (Lipinski definition) is 3. The summed E-state index contributed by atoms with van der Waals surface area (Å²) in [6.45, 7) is 4.03. The molecule has 0 fully saturated rings. The maximum absolute atomic E-state index is 13.4. The number of hydrogen-bond donors (Lipinski definition) is 1. The molecule has 0 aliphatic carbocycles. The first-order valence-electron chi connectivity index (χ1n) is 9.74. The summed E-state index contributed by atoms with van der Waals surface area (Å²) in [6, 6.07) is 21.3. The molecule has 5 nitrogen and oxygen atoms in total. The third-order valence-electron chi connectivity index (χ3n) is 4.88. The zero-order chi connectivity index (χ0) is 21.1. The second-order valence-corrected chi connectivity index (χ2v) is 6.97. The van der Waals surface area contributed by atoms with Crippen LogP contribution in [-0.4, -0.2) is 20.7 Å². The van der Waals surface area contributed by atoms with Gasteiger partial charge in [-0.3, -0.25) is 4.79 Å². The molecule has 4 aromatic rings. The molecular weight excluding hydrogens is 379 g/mol. The molecule has 0 atom stereocenters. The molecule has 30 heavy (non-hydrogen) atoms. The first-order valence-corrected chi connectivity index (χ1v) is 9.74. The van der Waals surface area contributed by atoms with Crippen molar-refractivity contribution in [1.82, 2.24) is 14.8 Å². The standard InChI is InChI=1S/C24H21FN4O/c1-3-17-8-14-20(15-9-17)26-24(30)22-27-23(18-10-12-19(25)13-11-18)29(28-22)21-7-5-4-6-16(21)2/h4-15H,3H2,1-2H3,(H,26,30). The predicted molar refractivity (Wildman–Crippen MR) is 115 cm³/mol. The highest BCUT2D eigenvalue weighted by Gasteiger charge is 2.20. The number of nitrogens with one attached hydrogen (secondary N) is 1. The van der Waals surface area contributed by atoms with Crippen LogP contribution >= 0.6 is 0 Å². The zero-order valence-corrected chi connectivity index (χ0v) is 16.8. The topological polar surface area (TPSA) is 59.8 Å². The van der Waals surface area contributed by atoms with Gasteiger partial charge in [-0.15, -0.1) is 5.10 Å². The molecule has 150 valence electrons. The fourth-order valence-electron chi connectivity index (χ4n) is 3.17. The monoisotopic (exact) mass is 400 g/mol. The third kappa shape index (κ3) is 3.98. The number of amides is 1.